The summed E-state index contributed by atoms with van der Waals surface area (Å²) in [6.07, 6.45) is -0.00434. The normalized spacial score (nSPS) is 11.5. The van der Waals surface area contributed by atoms with Gasteiger partial charge in [0.15, 0.2) is 0 Å². The summed E-state index contributed by atoms with van der Waals surface area (Å²) in [5, 5.41) is 13.5. The molecule has 0 saturated carbocycles. The Bertz CT molecular complexity index is 785. The van der Waals surface area contributed by atoms with Gasteiger partial charge in [-0.2, -0.15) is 0 Å². The first kappa shape index (κ1) is 19.1. The van der Waals surface area contributed by atoms with Crippen LogP contribution in [-0.2, 0) is 9.53 Å². The fourth-order valence-corrected chi connectivity index (χ4v) is 2.41. The topological polar surface area (TPSA) is 98.5 Å². The highest BCUT2D eigenvalue weighted by molar-refractivity contribution is 5.94. The van der Waals surface area contributed by atoms with Crippen LogP contribution in [0.2, 0.25) is 0 Å². The first-order valence-corrected chi connectivity index (χ1v) is 8.18. The van der Waals surface area contributed by atoms with Gasteiger partial charge in [0.05, 0.1) is 24.0 Å². The van der Waals surface area contributed by atoms with Crippen molar-refractivity contribution >= 4 is 17.6 Å². The Morgan fingerprint density at radius 3 is 2.27 bits per heavy atom. The predicted molar refractivity (Wildman–Crippen MR) is 95.7 cm³/mol. The molecule has 7 nitrogen and oxygen atoms in total. The molecular formula is C19H20N2O5. The second-order valence-electron chi connectivity index (χ2n) is 5.75. The highest BCUT2D eigenvalue weighted by Gasteiger charge is 2.20. The van der Waals surface area contributed by atoms with Crippen LogP contribution in [0.15, 0.2) is 48.5 Å². The third-order valence-electron chi connectivity index (χ3n) is 3.80. The van der Waals surface area contributed by atoms with Crippen LogP contribution in [0.4, 0.5) is 5.69 Å². The molecule has 0 unspecified atom stereocenters. The van der Waals surface area contributed by atoms with Gasteiger partial charge in [-0.05, 0) is 31.5 Å². The number of nitro benzene ring substituents is 1. The van der Waals surface area contributed by atoms with E-state index in [1.165, 1.54) is 24.3 Å². The quantitative estimate of drug-likeness (QED) is 0.466. The molecule has 0 saturated heterocycles. The number of nitrogens with one attached hydrogen (secondary N) is 1. The van der Waals surface area contributed by atoms with Crippen LogP contribution in [0.25, 0.3) is 0 Å². The van der Waals surface area contributed by atoms with Crippen LogP contribution in [0, 0.1) is 17.0 Å². The summed E-state index contributed by atoms with van der Waals surface area (Å²) in [7, 11) is 0. The van der Waals surface area contributed by atoms with Crippen molar-refractivity contribution in [2.45, 2.75) is 26.3 Å². The summed E-state index contributed by atoms with van der Waals surface area (Å²) < 4.78 is 4.98. The number of ether oxygens (including phenoxy) is 1. The van der Waals surface area contributed by atoms with Crippen molar-refractivity contribution in [3.8, 4) is 0 Å². The molecule has 0 fully saturated rings. The molecule has 2 aromatic carbocycles. The number of nitro groups is 1. The van der Waals surface area contributed by atoms with Gasteiger partial charge in [-0.25, -0.2) is 0 Å². The van der Waals surface area contributed by atoms with Gasteiger partial charge < -0.3 is 10.1 Å². The monoisotopic (exact) mass is 356 g/mol. The van der Waals surface area contributed by atoms with Crippen molar-refractivity contribution in [3.63, 3.8) is 0 Å². The molecule has 1 amide bonds. The van der Waals surface area contributed by atoms with E-state index < -0.39 is 22.8 Å². The molecule has 0 aliphatic carbocycles. The van der Waals surface area contributed by atoms with Gasteiger partial charge in [0.2, 0.25) is 0 Å². The van der Waals surface area contributed by atoms with Crippen LogP contribution in [0.3, 0.4) is 0 Å². The average Bonchev–Trinajstić information content (AvgIpc) is 2.62. The molecule has 1 N–H and O–H groups in total. The van der Waals surface area contributed by atoms with E-state index in [0.717, 1.165) is 11.1 Å². The summed E-state index contributed by atoms with van der Waals surface area (Å²) in [5.74, 6) is -0.836. The molecule has 26 heavy (non-hydrogen) atoms. The maximum atomic E-state index is 12.5. The lowest BCUT2D eigenvalue weighted by atomic mass is 10.0. The summed E-state index contributed by atoms with van der Waals surface area (Å²) in [4.78, 5) is 34.5. The van der Waals surface area contributed by atoms with E-state index >= 15 is 0 Å². The maximum Gasteiger partial charge on any atom is 0.308 e. The van der Waals surface area contributed by atoms with Crippen molar-refractivity contribution in [2.24, 2.45) is 0 Å². The number of non-ortho nitro benzene ring substituents is 1. The minimum Gasteiger partial charge on any atom is -0.466 e. The number of aryl methyl sites for hydroxylation is 1. The van der Waals surface area contributed by atoms with E-state index in [-0.39, 0.29) is 24.3 Å². The molecule has 0 heterocycles. The third kappa shape index (κ3) is 5.14. The number of amides is 1. The van der Waals surface area contributed by atoms with Crippen molar-refractivity contribution in [2.75, 3.05) is 6.61 Å². The first-order chi connectivity index (χ1) is 12.4. The number of carbonyl (C=O) groups excluding carboxylic acids is 2. The molecule has 1 atom stereocenters. The van der Waals surface area contributed by atoms with E-state index in [1.54, 1.807) is 6.92 Å². The Kier molecular flexibility index (Phi) is 6.43. The summed E-state index contributed by atoms with van der Waals surface area (Å²) in [5.41, 5.74) is 2.02. The standard InChI is InChI=1S/C19H20N2O5/c1-3-26-18(22)12-17(14-6-4-13(2)5-7-14)20-19(23)15-8-10-16(11-9-15)21(24)25/h4-11,17H,3,12H2,1-2H3,(H,20,23)/t17-/m1/s1. The molecular weight excluding hydrogens is 336 g/mol. The van der Waals surface area contributed by atoms with E-state index in [0.29, 0.717) is 0 Å². The molecule has 0 spiro atoms. The van der Waals surface area contributed by atoms with Crippen LogP contribution in [0.5, 0.6) is 0 Å². The lowest BCUT2D eigenvalue weighted by molar-refractivity contribution is -0.384. The molecule has 2 aromatic rings. The van der Waals surface area contributed by atoms with E-state index in [9.17, 15) is 19.7 Å². The van der Waals surface area contributed by atoms with Gasteiger partial charge in [0, 0.05) is 17.7 Å². The Balaban J connectivity index is 2.18. The fraction of sp³-hybridized carbons (Fsp3) is 0.263. The predicted octanol–water partition coefficient (Wildman–Crippen LogP) is 3.33. The molecule has 0 bridgehead atoms. The van der Waals surface area contributed by atoms with Crippen LogP contribution < -0.4 is 5.32 Å². The number of rotatable bonds is 7. The smallest absolute Gasteiger partial charge is 0.308 e. The molecule has 0 aliphatic heterocycles. The van der Waals surface area contributed by atoms with Crippen molar-refractivity contribution in [1.29, 1.82) is 0 Å². The van der Waals surface area contributed by atoms with Gasteiger partial charge in [-0.1, -0.05) is 29.8 Å². The van der Waals surface area contributed by atoms with E-state index in [4.69, 9.17) is 4.74 Å². The first-order valence-electron chi connectivity index (χ1n) is 8.18. The van der Waals surface area contributed by atoms with E-state index in [2.05, 4.69) is 5.32 Å². The second-order valence-corrected chi connectivity index (χ2v) is 5.75. The van der Waals surface area contributed by atoms with Gasteiger partial charge >= 0.3 is 5.97 Å². The zero-order valence-corrected chi connectivity index (χ0v) is 14.6. The Morgan fingerprint density at radius 1 is 1.12 bits per heavy atom. The zero-order valence-electron chi connectivity index (χ0n) is 14.6. The molecule has 136 valence electrons. The Labute approximate surface area is 151 Å². The Hall–Kier alpha value is -3.22. The largest absolute Gasteiger partial charge is 0.466 e. The van der Waals surface area contributed by atoms with Gasteiger partial charge in [-0.3, -0.25) is 19.7 Å². The maximum absolute atomic E-state index is 12.5. The summed E-state index contributed by atoms with van der Waals surface area (Å²) >= 11 is 0. The SMILES string of the molecule is CCOC(=O)C[C@@H](NC(=O)c1ccc([N+](=O)[O-])cc1)c1ccc(C)cc1. The van der Waals surface area contributed by atoms with Crippen molar-refractivity contribution < 1.29 is 19.2 Å². The zero-order chi connectivity index (χ0) is 19.1. The molecule has 2 rings (SSSR count). The second kappa shape index (κ2) is 8.75. The summed E-state index contributed by atoms with van der Waals surface area (Å²) in [6.45, 7) is 3.92. The van der Waals surface area contributed by atoms with Crippen molar-refractivity contribution in [1.82, 2.24) is 5.32 Å². The minimum absolute atomic E-state index is 0.00434. The fourth-order valence-electron chi connectivity index (χ4n) is 2.41. The number of benzene rings is 2. The van der Waals surface area contributed by atoms with Gasteiger partial charge in [0.1, 0.15) is 0 Å². The number of nitrogens with zero attached hydrogens (tertiary/aromatic N) is 1. The molecule has 0 aromatic heterocycles. The van der Waals surface area contributed by atoms with Gasteiger partial charge in [0.25, 0.3) is 11.6 Å². The van der Waals surface area contributed by atoms with Crippen LogP contribution in [-0.4, -0.2) is 23.4 Å². The summed E-state index contributed by atoms with van der Waals surface area (Å²) in [6, 6.07) is 12.2. The minimum atomic E-state index is -0.558. The lowest BCUT2D eigenvalue weighted by Crippen LogP contribution is -2.30. The number of hydrogen-bond acceptors (Lipinski definition) is 5. The number of esters is 1. The Morgan fingerprint density at radius 2 is 1.73 bits per heavy atom. The third-order valence-corrected chi connectivity index (χ3v) is 3.80. The highest BCUT2D eigenvalue weighted by atomic mass is 16.6. The highest BCUT2D eigenvalue weighted by Crippen LogP contribution is 2.20. The average molecular weight is 356 g/mol. The van der Waals surface area contributed by atoms with Crippen LogP contribution >= 0.6 is 0 Å². The molecule has 0 radical (unpaired) electrons. The van der Waals surface area contributed by atoms with Gasteiger partial charge in [-0.15, -0.1) is 0 Å². The lowest BCUT2D eigenvalue weighted by Gasteiger charge is -2.19. The molecule has 7 heteroatoms. The molecule has 0 aliphatic rings. The van der Waals surface area contributed by atoms with Crippen molar-refractivity contribution in [3.05, 3.63) is 75.3 Å². The number of hydrogen-bond donors (Lipinski definition) is 1. The van der Waals surface area contributed by atoms with Crippen LogP contribution in [0.1, 0.15) is 40.9 Å². The van der Waals surface area contributed by atoms with E-state index in [1.807, 2.05) is 31.2 Å². The number of carbonyl (C=O) groups is 2.